The van der Waals surface area contributed by atoms with Crippen LogP contribution in [0.4, 0.5) is 0 Å². The summed E-state index contributed by atoms with van der Waals surface area (Å²) in [5, 5.41) is 3.46. The number of fused-ring (bicyclic) bond motifs is 3. The fourth-order valence-electron chi connectivity index (χ4n) is 2.61. The Balaban J connectivity index is 2.19. The van der Waals surface area contributed by atoms with Crippen LogP contribution in [0, 0.1) is 0 Å². The zero-order valence-electron chi connectivity index (χ0n) is 10.8. The van der Waals surface area contributed by atoms with Gasteiger partial charge >= 0.3 is 0 Å². The van der Waals surface area contributed by atoms with Crippen LogP contribution in [0.3, 0.4) is 0 Å². The molecule has 0 unspecified atom stereocenters. The van der Waals surface area contributed by atoms with Crippen LogP contribution in [-0.2, 0) is 0 Å². The van der Waals surface area contributed by atoms with E-state index in [0.29, 0.717) is 0 Å². The molecule has 0 bridgehead atoms. The second-order valence-electron chi connectivity index (χ2n) is 4.76. The van der Waals surface area contributed by atoms with Crippen molar-refractivity contribution in [1.82, 2.24) is 9.97 Å². The number of benzene rings is 2. The molecule has 0 saturated carbocycles. The smallest absolute Gasteiger partial charge is 0.0803 e. The Morgan fingerprint density at radius 3 is 2.35 bits per heavy atom. The van der Waals surface area contributed by atoms with Crippen LogP contribution in [0.1, 0.15) is 0 Å². The lowest BCUT2D eigenvalue weighted by Crippen LogP contribution is -1.89. The summed E-state index contributed by atoms with van der Waals surface area (Å²) in [6.07, 6.45) is 3.74. The Kier molecular flexibility index (Phi) is 2.46. The minimum absolute atomic E-state index is 0.993. The summed E-state index contributed by atoms with van der Waals surface area (Å²) in [6.45, 7) is 0. The highest BCUT2D eigenvalue weighted by atomic mass is 14.7. The molecule has 0 N–H and O–H groups in total. The van der Waals surface area contributed by atoms with Crippen molar-refractivity contribution in [3.05, 3.63) is 73.1 Å². The van der Waals surface area contributed by atoms with E-state index in [9.17, 15) is 0 Å². The molecule has 2 aromatic heterocycles. The molecule has 0 aliphatic carbocycles. The van der Waals surface area contributed by atoms with Gasteiger partial charge in [-0.25, -0.2) is 4.98 Å². The molecule has 0 fully saturated rings. The lowest BCUT2D eigenvalue weighted by molar-refractivity contribution is 1.35. The average Bonchev–Trinajstić information content (AvgIpc) is 2.55. The lowest BCUT2D eigenvalue weighted by atomic mass is 10.0. The number of nitrogens with zero attached hydrogens (tertiary/aromatic N) is 2. The predicted molar refractivity (Wildman–Crippen MR) is 82.5 cm³/mol. The molecule has 94 valence electrons. The van der Waals surface area contributed by atoms with Gasteiger partial charge in [-0.15, -0.1) is 0 Å². The first-order valence-electron chi connectivity index (χ1n) is 6.61. The normalized spacial score (nSPS) is 11.0. The van der Waals surface area contributed by atoms with E-state index in [1.54, 1.807) is 0 Å². The summed E-state index contributed by atoms with van der Waals surface area (Å²) in [5.74, 6) is 0. The Morgan fingerprint density at radius 1 is 0.650 bits per heavy atom. The van der Waals surface area contributed by atoms with Crippen LogP contribution in [-0.4, -0.2) is 9.97 Å². The largest absolute Gasteiger partial charge is 0.264 e. The first-order valence-corrected chi connectivity index (χ1v) is 6.61. The van der Waals surface area contributed by atoms with Gasteiger partial charge in [0.05, 0.1) is 11.2 Å². The number of pyridine rings is 2. The molecular weight excluding hydrogens is 244 g/mol. The van der Waals surface area contributed by atoms with Crippen molar-refractivity contribution in [2.75, 3.05) is 0 Å². The summed E-state index contributed by atoms with van der Waals surface area (Å²) < 4.78 is 0. The fraction of sp³-hybridized carbons (Fsp3) is 0. The molecule has 2 aromatic carbocycles. The average molecular weight is 256 g/mol. The third kappa shape index (κ3) is 1.66. The number of hydrogen-bond acceptors (Lipinski definition) is 2. The third-order valence-corrected chi connectivity index (χ3v) is 3.55. The van der Waals surface area contributed by atoms with Crippen LogP contribution in [0.2, 0.25) is 0 Å². The number of hydrogen-bond donors (Lipinski definition) is 0. The van der Waals surface area contributed by atoms with E-state index in [-0.39, 0.29) is 0 Å². The van der Waals surface area contributed by atoms with Gasteiger partial charge in [-0.05, 0) is 17.5 Å². The Hall–Kier alpha value is -2.74. The molecule has 0 saturated heterocycles. The van der Waals surface area contributed by atoms with E-state index in [4.69, 9.17) is 4.98 Å². The summed E-state index contributed by atoms with van der Waals surface area (Å²) in [5.41, 5.74) is 3.13. The fourth-order valence-corrected chi connectivity index (χ4v) is 2.61. The van der Waals surface area contributed by atoms with Crippen LogP contribution < -0.4 is 0 Å². The van der Waals surface area contributed by atoms with Crippen molar-refractivity contribution >= 4 is 21.7 Å². The maximum atomic E-state index is 4.83. The molecule has 0 aliphatic heterocycles. The van der Waals surface area contributed by atoms with Gasteiger partial charge in [-0.2, -0.15) is 0 Å². The SMILES string of the molecule is c1ccc(-c2nc3ccccc3c3ccncc23)cc1. The highest BCUT2D eigenvalue weighted by molar-refractivity contribution is 6.10. The quantitative estimate of drug-likeness (QED) is 0.470. The zero-order chi connectivity index (χ0) is 13.4. The van der Waals surface area contributed by atoms with Crippen LogP contribution in [0.25, 0.3) is 32.9 Å². The molecule has 0 aliphatic rings. The van der Waals surface area contributed by atoms with Gasteiger partial charge in [0.2, 0.25) is 0 Å². The van der Waals surface area contributed by atoms with E-state index in [1.165, 1.54) is 10.8 Å². The highest BCUT2D eigenvalue weighted by Gasteiger charge is 2.09. The minimum Gasteiger partial charge on any atom is -0.264 e. The molecule has 2 nitrogen and oxygen atoms in total. The zero-order valence-corrected chi connectivity index (χ0v) is 10.8. The summed E-state index contributed by atoms with van der Waals surface area (Å²) in [4.78, 5) is 9.10. The molecule has 20 heavy (non-hydrogen) atoms. The Morgan fingerprint density at radius 2 is 1.45 bits per heavy atom. The van der Waals surface area contributed by atoms with Gasteiger partial charge in [0.15, 0.2) is 0 Å². The number of para-hydroxylation sites is 1. The number of rotatable bonds is 1. The summed E-state index contributed by atoms with van der Waals surface area (Å²) in [6, 6.07) is 20.6. The lowest BCUT2D eigenvalue weighted by Gasteiger charge is -2.09. The van der Waals surface area contributed by atoms with Crippen molar-refractivity contribution in [1.29, 1.82) is 0 Å². The van der Waals surface area contributed by atoms with Gasteiger partial charge in [0.25, 0.3) is 0 Å². The van der Waals surface area contributed by atoms with Gasteiger partial charge in [-0.3, -0.25) is 4.98 Å². The van der Waals surface area contributed by atoms with Gasteiger partial charge < -0.3 is 0 Å². The van der Waals surface area contributed by atoms with Crippen molar-refractivity contribution in [2.45, 2.75) is 0 Å². The van der Waals surface area contributed by atoms with Crippen molar-refractivity contribution in [2.24, 2.45) is 0 Å². The van der Waals surface area contributed by atoms with Crippen LogP contribution in [0.5, 0.6) is 0 Å². The molecule has 0 amide bonds. The standard InChI is InChI=1S/C18H12N2/c1-2-6-13(7-3-1)18-16-12-19-11-10-14(16)15-8-4-5-9-17(15)20-18/h1-12H. The summed E-state index contributed by atoms with van der Waals surface area (Å²) >= 11 is 0. The topological polar surface area (TPSA) is 25.8 Å². The monoisotopic (exact) mass is 256 g/mol. The predicted octanol–water partition coefficient (Wildman–Crippen LogP) is 4.45. The molecule has 4 rings (SSSR count). The third-order valence-electron chi connectivity index (χ3n) is 3.55. The Labute approximate surface area is 116 Å². The first-order chi connectivity index (χ1) is 9.93. The van der Waals surface area contributed by atoms with Crippen molar-refractivity contribution < 1.29 is 0 Å². The van der Waals surface area contributed by atoms with E-state index in [1.807, 2.05) is 42.7 Å². The minimum atomic E-state index is 0.993. The molecular formula is C18H12N2. The van der Waals surface area contributed by atoms with Gasteiger partial charge in [0, 0.05) is 28.7 Å². The highest BCUT2D eigenvalue weighted by Crippen LogP contribution is 2.31. The van der Waals surface area contributed by atoms with Crippen molar-refractivity contribution in [3.63, 3.8) is 0 Å². The first kappa shape index (κ1) is 11.1. The van der Waals surface area contributed by atoms with E-state index < -0.39 is 0 Å². The maximum absolute atomic E-state index is 4.83. The molecule has 4 aromatic rings. The summed E-state index contributed by atoms with van der Waals surface area (Å²) in [7, 11) is 0. The molecule has 0 spiro atoms. The molecule has 2 heterocycles. The van der Waals surface area contributed by atoms with Gasteiger partial charge in [-0.1, -0.05) is 48.5 Å². The van der Waals surface area contributed by atoms with Gasteiger partial charge in [0.1, 0.15) is 0 Å². The van der Waals surface area contributed by atoms with E-state index in [2.05, 4.69) is 35.3 Å². The molecule has 0 radical (unpaired) electrons. The van der Waals surface area contributed by atoms with Crippen LogP contribution >= 0.6 is 0 Å². The van der Waals surface area contributed by atoms with E-state index in [0.717, 1.165) is 22.2 Å². The van der Waals surface area contributed by atoms with Crippen molar-refractivity contribution in [3.8, 4) is 11.3 Å². The van der Waals surface area contributed by atoms with E-state index >= 15 is 0 Å². The molecule has 0 atom stereocenters. The maximum Gasteiger partial charge on any atom is 0.0803 e. The molecule has 2 heteroatoms. The number of aromatic nitrogens is 2. The van der Waals surface area contributed by atoms with Crippen LogP contribution in [0.15, 0.2) is 73.1 Å². The Bertz CT molecular complexity index is 899. The second kappa shape index (κ2) is 4.42. The second-order valence-corrected chi connectivity index (χ2v) is 4.76.